The van der Waals surface area contributed by atoms with E-state index in [-0.39, 0.29) is 0 Å². The third-order valence-electron chi connectivity index (χ3n) is 1.46. The average molecular weight is 183 g/mol. The molecule has 1 heterocycles. The van der Waals surface area contributed by atoms with Crippen molar-refractivity contribution in [3.8, 4) is 5.97 Å². The molecule has 6 heteroatoms. The topological polar surface area (TPSA) is 70.7 Å². The van der Waals surface area contributed by atoms with Gasteiger partial charge in [-0.1, -0.05) is 0 Å². The van der Waals surface area contributed by atoms with Crippen LogP contribution in [0.2, 0.25) is 0 Å². The third kappa shape index (κ3) is 6.02. The van der Waals surface area contributed by atoms with Crippen molar-refractivity contribution in [1.29, 1.82) is 5.26 Å². The highest BCUT2D eigenvalue weighted by Crippen LogP contribution is 2.00. The van der Waals surface area contributed by atoms with Gasteiger partial charge in [0.1, 0.15) is 0 Å². The first-order valence-corrected chi connectivity index (χ1v) is 3.98. The minimum absolute atomic E-state index is 1.05. The lowest BCUT2D eigenvalue weighted by atomic mass is 9.97. The predicted molar refractivity (Wildman–Crippen MR) is 50.0 cm³/mol. The summed E-state index contributed by atoms with van der Waals surface area (Å²) in [5.41, 5.74) is 0. The summed E-state index contributed by atoms with van der Waals surface area (Å²) in [5.74, 6) is 1.14. The van der Waals surface area contributed by atoms with Crippen molar-refractivity contribution in [3.05, 3.63) is 12.4 Å². The molecule has 1 aliphatic heterocycles. The Morgan fingerprint density at radius 2 is 2.08 bits per heavy atom. The molecule has 72 valence electrons. The van der Waals surface area contributed by atoms with Crippen LogP contribution in [0.15, 0.2) is 12.4 Å². The van der Waals surface area contributed by atoms with Gasteiger partial charge in [0.25, 0.3) is 0 Å². The van der Waals surface area contributed by atoms with Gasteiger partial charge in [-0.2, -0.15) is 0 Å². The van der Waals surface area contributed by atoms with Gasteiger partial charge in [0.05, 0.1) is 12.6 Å². The molecular weight excluding hydrogens is 169 g/mol. The fourth-order valence-electron chi connectivity index (χ4n) is 0.794. The van der Waals surface area contributed by atoms with Crippen molar-refractivity contribution in [2.75, 3.05) is 20.3 Å². The third-order valence-corrected chi connectivity index (χ3v) is 1.46. The van der Waals surface area contributed by atoms with Gasteiger partial charge < -0.3 is 19.8 Å². The summed E-state index contributed by atoms with van der Waals surface area (Å²) < 4.78 is 0. The molecule has 0 bridgehead atoms. The van der Waals surface area contributed by atoms with Crippen LogP contribution >= 0.6 is 0 Å². The molecule has 0 atom stereocenters. The molecule has 0 radical (unpaired) electrons. The van der Waals surface area contributed by atoms with E-state index in [2.05, 4.69) is 36.2 Å². The average Bonchev–Trinajstić information content (AvgIpc) is 2.52. The summed E-state index contributed by atoms with van der Waals surface area (Å²) >= 11 is 0. The first kappa shape index (κ1) is 11.8. The van der Waals surface area contributed by atoms with E-state index in [1.807, 2.05) is 0 Å². The van der Waals surface area contributed by atoms with Crippen LogP contribution in [0.4, 0.5) is 0 Å². The van der Waals surface area contributed by atoms with E-state index >= 15 is 0 Å². The number of nitrogens with zero attached hydrogens (tertiary/aromatic N) is 3. The minimum atomic E-state index is -1.81. The molecule has 5 nitrogen and oxygen atoms in total. The fraction of sp³-hybridized carbons (Fsp3) is 0.571. The Morgan fingerprint density at radius 3 is 2.23 bits per heavy atom. The molecular formula is C7H14BN3O2. The summed E-state index contributed by atoms with van der Waals surface area (Å²) in [6.07, 6.45) is 4.20. The van der Waals surface area contributed by atoms with Gasteiger partial charge in [-0.3, -0.25) is 0 Å². The number of hydrogen-bond acceptors (Lipinski definition) is 5. The molecule has 0 aromatic heterocycles. The van der Waals surface area contributed by atoms with Gasteiger partial charge in [0.2, 0.25) is 0 Å². The molecule has 0 spiro atoms. The zero-order valence-corrected chi connectivity index (χ0v) is 7.88. The fourth-order valence-corrected chi connectivity index (χ4v) is 0.794. The molecule has 0 aromatic carbocycles. The van der Waals surface area contributed by atoms with Gasteiger partial charge in [-0.15, -0.1) is 0 Å². The van der Waals surface area contributed by atoms with E-state index in [0.29, 0.717) is 0 Å². The zero-order valence-electron chi connectivity index (χ0n) is 7.88. The molecule has 0 saturated carbocycles. The first-order valence-electron chi connectivity index (χ1n) is 3.98. The van der Waals surface area contributed by atoms with E-state index in [1.165, 1.54) is 0 Å². The molecule has 1 aliphatic rings. The van der Waals surface area contributed by atoms with Gasteiger partial charge in [0, 0.05) is 26.0 Å². The molecule has 13 heavy (non-hydrogen) atoms. The normalized spacial score (nSPS) is 13.5. The molecule has 0 aliphatic carbocycles. The minimum Gasteiger partial charge on any atom is -0.415 e. The summed E-state index contributed by atoms with van der Waals surface area (Å²) in [5, 5.41) is 22.5. The van der Waals surface area contributed by atoms with Crippen LogP contribution < -0.4 is 0 Å². The second-order valence-electron chi connectivity index (χ2n) is 2.60. The molecule has 0 unspecified atom stereocenters. The van der Waals surface area contributed by atoms with Gasteiger partial charge in [0.15, 0.2) is 0 Å². The second kappa shape index (κ2) is 6.34. The monoisotopic (exact) mass is 183 g/mol. The largest absolute Gasteiger partial charge is 0.573 e. The van der Waals surface area contributed by atoms with Crippen molar-refractivity contribution in [2.45, 2.75) is 6.92 Å². The maximum absolute atomic E-state index is 7.56. The lowest BCUT2D eigenvalue weighted by Gasteiger charge is -2.14. The van der Waals surface area contributed by atoms with E-state index in [4.69, 9.17) is 15.3 Å². The van der Waals surface area contributed by atoms with Crippen LogP contribution in [0, 0.1) is 11.2 Å². The highest BCUT2D eigenvalue weighted by Gasteiger charge is 2.03. The van der Waals surface area contributed by atoms with Crippen LogP contribution in [0.3, 0.4) is 0 Å². The summed E-state index contributed by atoms with van der Waals surface area (Å²) in [6, 6.07) is 0. The van der Waals surface area contributed by atoms with Crippen molar-refractivity contribution in [3.63, 3.8) is 0 Å². The zero-order chi connectivity index (χ0) is 10.3. The Bertz CT molecular complexity index is 202. The Morgan fingerprint density at radius 1 is 1.54 bits per heavy atom. The van der Waals surface area contributed by atoms with E-state index < -0.39 is 7.12 Å². The van der Waals surface area contributed by atoms with Gasteiger partial charge in [-0.05, 0) is 6.92 Å². The quantitative estimate of drug-likeness (QED) is 0.521. The molecule has 0 saturated heterocycles. The SMILES string of the molecule is CCN1C=CN(C)C1.N#CB(O)O. The van der Waals surface area contributed by atoms with Crippen LogP contribution in [-0.2, 0) is 0 Å². The molecule has 2 N–H and O–H groups in total. The Labute approximate surface area is 78.6 Å². The van der Waals surface area contributed by atoms with E-state index in [0.717, 1.165) is 19.2 Å². The summed E-state index contributed by atoms with van der Waals surface area (Å²) in [4.78, 5) is 4.41. The maximum atomic E-state index is 7.56. The van der Waals surface area contributed by atoms with Crippen molar-refractivity contribution in [2.24, 2.45) is 0 Å². The number of nitriles is 1. The van der Waals surface area contributed by atoms with E-state index in [1.54, 1.807) is 0 Å². The highest BCUT2D eigenvalue weighted by atomic mass is 16.4. The standard InChI is InChI=1S/C6H12N2.CH2BNO2/c1-3-8-5-4-7(2)6-8;3-1-2(4)5/h4-5H,3,6H2,1-2H3;4-5H. The Kier molecular flexibility index (Phi) is 5.77. The molecule has 1 rings (SSSR count). The van der Waals surface area contributed by atoms with Crippen LogP contribution in [0.5, 0.6) is 0 Å². The maximum Gasteiger partial charge on any atom is 0.573 e. The number of rotatable bonds is 1. The number of hydrogen-bond donors (Lipinski definition) is 2. The van der Waals surface area contributed by atoms with Crippen molar-refractivity contribution in [1.82, 2.24) is 9.80 Å². The lowest BCUT2D eigenvalue weighted by Crippen LogP contribution is -2.21. The van der Waals surface area contributed by atoms with Crippen molar-refractivity contribution < 1.29 is 10.0 Å². The molecule has 0 fully saturated rings. The van der Waals surface area contributed by atoms with Crippen molar-refractivity contribution >= 4 is 7.12 Å². The Balaban J connectivity index is 0.000000252. The highest BCUT2D eigenvalue weighted by molar-refractivity contribution is 6.50. The second-order valence-corrected chi connectivity index (χ2v) is 2.60. The predicted octanol–water partition coefficient (Wildman–Crippen LogP) is -0.796. The molecule has 0 aromatic rings. The lowest BCUT2D eigenvalue weighted by molar-refractivity contribution is 0.308. The first-order chi connectivity index (χ1) is 6.10. The van der Waals surface area contributed by atoms with Crippen LogP contribution in [0.25, 0.3) is 0 Å². The summed E-state index contributed by atoms with van der Waals surface area (Å²) in [7, 11) is 0.265. The Hall–Kier alpha value is -1.19. The summed E-state index contributed by atoms with van der Waals surface area (Å²) in [6.45, 7) is 4.32. The van der Waals surface area contributed by atoms with Gasteiger partial charge in [-0.25, -0.2) is 5.26 Å². The van der Waals surface area contributed by atoms with Gasteiger partial charge >= 0.3 is 7.12 Å². The van der Waals surface area contributed by atoms with Crippen LogP contribution in [-0.4, -0.2) is 47.2 Å². The smallest absolute Gasteiger partial charge is 0.415 e. The molecule has 0 amide bonds. The van der Waals surface area contributed by atoms with Crippen LogP contribution in [0.1, 0.15) is 6.92 Å². The van der Waals surface area contributed by atoms with E-state index in [9.17, 15) is 0 Å².